The molecule has 1 aliphatic rings. The van der Waals surface area contributed by atoms with E-state index in [-0.39, 0.29) is 5.82 Å². The summed E-state index contributed by atoms with van der Waals surface area (Å²) in [6.07, 6.45) is 1.93. The van der Waals surface area contributed by atoms with Gasteiger partial charge in [-0.05, 0) is 42.0 Å². The van der Waals surface area contributed by atoms with Crippen LogP contribution in [-0.4, -0.2) is 6.61 Å². The number of aryl methyl sites for hydroxylation is 1. The van der Waals surface area contributed by atoms with Gasteiger partial charge in [-0.3, -0.25) is 0 Å². The quantitative estimate of drug-likeness (QED) is 0.666. The molecule has 0 atom stereocenters. The molecule has 0 fully saturated rings. The molecule has 0 amide bonds. The zero-order valence-corrected chi connectivity index (χ0v) is 8.64. The Balaban J connectivity index is 2.52. The van der Waals surface area contributed by atoms with Crippen LogP contribution < -0.4 is 4.74 Å². The molecule has 76 valence electrons. The first-order valence-electron chi connectivity index (χ1n) is 5.13. The van der Waals surface area contributed by atoms with Gasteiger partial charge in [0.25, 0.3) is 0 Å². The molecule has 0 radical (unpaired) electrons. The molecule has 1 heterocycles. The molecule has 1 aromatic rings. The fourth-order valence-electron chi connectivity index (χ4n) is 1.90. The molecular weight excluding hydrogens is 179 g/mol. The summed E-state index contributed by atoms with van der Waals surface area (Å²) in [4.78, 5) is 0. The Morgan fingerprint density at radius 2 is 2.14 bits per heavy atom. The lowest BCUT2D eigenvalue weighted by molar-refractivity contribution is 0.283. The van der Waals surface area contributed by atoms with Crippen LogP contribution in [0.2, 0.25) is 0 Å². The number of ether oxygens (including phenoxy) is 1. The van der Waals surface area contributed by atoms with Crippen LogP contribution in [-0.2, 0) is 6.42 Å². The first-order valence-corrected chi connectivity index (χ1v) is 5.13. The molecule has 0 N–H and O–H groups in total. The molecule has 1 nitrogen and oxygen atoms in total. The van der Waals surface area contributed by atoms with Crippen molar-refractivity contribution in [3.05, 3.63) is 29.1 Å². The zero-order chi connectivity index (χ0) is 10.1. The summed E-state index contributed by atoms with van der Waals surface area (Å²) in [6.45, 7) is 4.89. The number of rotatable bonds is 1. The highest BCUT2D eigenvalue weighted by Crippen LogP contribution is 2.34. The Kier molecular flexibility index (Phi) is 2.44. The van der Waals surface area contributed by atoms with Crippen molar-refractivity contribution in [1.29, 1.82) is 0 Å². The molecule has 2 heteroatoms. The van der Waals surface area contributed by atoms with E-state index in [2.05, 4.69) is 13.8 Å². The first kappa shape index (κ1) is 9.50. The van der Waals surface area contributed by atoms with E-state index in [1.54, 1.807) is 12.1 Å². The van der Waals surface area contributed by atoms with Gasteiger partial charge in [0, 0.05) is 0 Å². The lowest BCUT2D eigenvalue weighted by Gasteiger charge is -2.22. The lowest BCUT2D eigenvalue weighted by Crippen LogP contribution is -2.11. The van der Waals surface area contributed by atoms with Gasteiger partial charge >= 0.3 is 0 Å². The monoisotopic (exact) mass is 194 g/mol. The second kappa shape index (κ2) is 3.60. The van der Waals surface area contributed by atoms with Gasteiger partial charge in [-0.1, -0.05) is 13.8 Å². The number of fused-ring (bicyclic) bond motifs is 1. The van der Waals surface area contributed by atoms with Crippen LogP contribution in [0.5, 0.6) is 5.75 Å². The largest absolute Gasteiger partial charge is 0.493 e. The van der Waals surface area contributed by atoms with Crippen molar-refractivity contribution in [3.8, 4) is 5.75 Å². The highest BCUT2D eigenvalue weighted by molar-refractivity contribution is 5.44. The molecule has 0 bridgehead atoms. The van der Waals surface area contributed by atoms with Crippen molar-refractivity contribution < 1.29 is 9.13 Å². The lowest BCUT2D eigenvalue weighted by atomic mass is 9.95. The van der Waals surface area contributed by atoms with E-state index in [4.69, 9.17) is 4.74 Å². The molecule has 1 aliphatic heterocycles. The van der Waals surface area contributed by atoms with E-state index >= 15 is 0 Å². The van der Waals surface area contributed by atoms with Gasteiger partial charge in [-0.25, -0.2) is 4.39 Å². The van der Waals surface area contributed by atoms with Crippen LogP contribution in [0.15, 0.2) is 12.1 Å². The van der Waals surface area contributed by atoms with E-state index in [1.165, 1.54) is 0 Å². The summed E-state index contributed by atoms with van der Waals surface area (Å²) in [5, 5.41) is 0. The fraction of sp³-hybridized carbons (Fsp3) is 0.500. The van der Waals surface area contributed by atoms with Gasteiger partial charge < -0.3 is 4.74 Å². The van der Waals surface area contributed by atoms with E-state index in [9.17, 15) is 4.39 Å². The minimum atomic E-state index is -0.141. The summed E-state index contributed by atoms with van der Waals surface area (Å²) in [5.74, 6) is 1.10. The van der Waals surface area contributed by atoms with Crippen LogP contribution in [0.4, 0.5) is 4.39 Å². The summed E-state index contributed by atoms with van der Waals surface area (Å²) >= 11 is 0. The second-order valence-electron chi connectivity index (χ2n) is 4.09. The van der Waals surface area contributed by atoms with Gasteiger partial charge in [0.15, 0.2) is 0 Å². The predicted octanol–water partition coefficient (Wildman–Crippen LogP) is 3.27. The maximum atomic E-state index is 13.3. The topological polar surface area (TPSA) is 9.23 Å². The Morgan fingerprint density at radius 3 is 2.86 bits per heavy atom. The minimum Gasteiger partial charge on any atom is -0.493 e. The molecule has 0 aliphatic carbocycles. The van der Waals surface area contributed by atoms with Gasteiger partial charge in [-0.2, -0.15) is 0 Å². The SMILES string of the molecule is CC(C)c1cc(F)cc2c1OCCC2. The molecule has 1 aromatic carbocycles. The molecule has 14 heavy (non-hydrogen) atoms. The van der Waals surface area contributed by atoms with Crippen LogP contribution >= 0.6 is 0 Å². The molecule has 2 rings (SSSR count). The fourth-order valence-corrected chi connectivity index (χ4v) is 1.90. The van der Waals surface area contributed by atoms with Crippen molar-refractivity contribution in [2.75, 3.05) is 6.61 Å². The summed E-state index contributed by atoms with van der Waals surface area (Å²) in [6, 6.07) is 3.19. The standard InChI is InChI=1S/C12H15FO/c1-8(2)11-7-10(13)6-9-4-3-5-14-12(9)11/h6-8H,3-5H2,1-2H3. The Labute approximate surface area is 83.9 Å². The third kappa shape index (κ3) is 1.61. The van der Waals surface area contributed by atoms with Gasteiger partial charge in [-0.15, -0.1) is 0 Å². The second-order valence-corrected chi connectivity index (χ2v) is 4.09. The van der Waals surface area contributed by atoms with Crippen LogP contribution in [0.1, 0.15) is 37.3 Å². The van der Waals surface area contributed by atoms with Crippen molar-refractivity contribution in [2.45, 2.75) is 32.6 Å². The summed E-state index contributed by atoms with van der Waals surface area (Å²) < 4.78 is 18.9. The Bertz CT molecular complexity index is 344. The van der Waals surface area contributed by atoms with Crippen molar-refractivity contribution >= 4 is 0 Å². The van der Waals surface area contributed by atoms with Crippen LogP contribution in [0.3, 0.4) is 0 Å². The Morgan fingerprint density at radius 1 is 1.36 bits per heavy atom. The summed E-state index contributed by atoms with van der Waals surface area (Å²) in [7, 11) is 0. The average Bonchev–Trinajstić information content (AvgIpc) is 2.16. The first-order chi connectivity index (χ1) is 6.68. The normalized spacial score (nSPS) is 15.1. The zero-order valence-electron chi connectivity index (χ0n) is 8.64. The van der Waals surface area contributed by atoms with Crippen LogP contribution in [0, 0.1) is 5.82 Å². The highest BCUT2D eigenvalue weighted by Gasteiger charge is 2.17. The number of hydrogen-bond donors (Lipinski definition) is 0. The van der Waals surface area contributed by atoms with E-state index in [0.29, 0.717) is 5.92 Å². The minimum absolute atomic E-state index is 0.141. The molecular formula is C12H15FO. The smallest absolute Gasteiger partial charge is 0.126 e. The summed E-state index contributed by atoms with van der Waals surface area (Å²) in [5.41, 5.74) is 2.03. The highest BCUT2D eigenvalue weighted by atomic mass is 19.1. The predicted molar refractivity (Wildman–Crippen MR) is 54.3 cm³/mol. The molecule has 0 aromatic heterocycles. The molecule has 0 saturated carbocycles. The van der Waals surface area contributed by atoms with Gasteiger partial charge in [0.05, 0.1) is 6.61 Å². The van der Waals surface area contributed by atoms with E-state index < -0.39 is 0 Å². The molecule has 0 saturated heterocycles. The van der Waals surface area contributed by atoms with Crippen LogP contribution in [0.25, 0.3) is 0 Å². The van der Waals surface area contributed by atoms with Crippen molar-refractivity contribution in [2.24, 2.45) is 0 Å². The molecule has 0 unspecified atom stereocenters. The van der Waals surface area contributed by atoms with E-state index in [0.717, 1.165) is 36.3 Å². The maximum Gasteiger partial charge on any atom is 0.126 e. The number of benzene rings is 1. The van der Waals surface area contributed by atoms with Gasteiger partial charge in [0.1, 0.15) is 11.6 Å². The van der Waals surface area contributed by atoms with Gasteiger partial charge in [0.2, 0.25) is 0 Å². The maximum absolute atomic E-state index is 13.3. The average molecular weight is 194 g/mol. The third-order valence-corrected chi connectivity index (χ3v) is 2.62. The Hall–Kier alpha value is -1.05. The number of halogens is 1. The molecule has 0 spiro atoms. The number of hydrogen-bond acceptors (Lipinski definition) is 1. The third-order valence-electron chi connectivity index (χ3n) is 2.62. The van der Waals surface area contributed by atoms with Crippen molar-refractivity contribution in [1.82, 2.24) is 0 Å². The van der Waals surface area contributed by atoms with E-state index in [1.807, 2.05) is 0 Å². The van der Waals surface area contributed by atoms with Crippen molar-refractivity contribution in [3.63, 3.8) is 0 Å².